The summed E-state index contributed by atoms with van der Waals surface area (Å²) in [5.41, 5.74) is 4.50. The third kappa shape index (κ3) is 5.98. The summed E-state index contributed by atoms with van der Waals surface area (Å²) in [6.07, 6.45) is 5.91. The number of morpholine rings is 1. The van der Waals surface area contributed by atoms with Crippen molar-refractivity contribution in [3.63, 3.8) is 0 Å². The molecule has 0 radical (unpaired) electrons. The number of hydrogen-bond donors (Lipinski definition) is 0. The topological polar surface area (TPSA) is 70.9 Å². The zero-order chi connectivity index (χ0) is 27.5. The molecule has 40 heavy (non-hydrogen) atoms. The maximum Gasteiger partial charge on any atom is 0.146 e. The molecule has 4 heterocycles. The number of hydrogen-bond acceptors (Lipinski definition) is 8. The summed E-state index contributed by atoms with van der Waals surface area (Å²) in [5.74, 6) is 1.65. The van der Waals surface area contributed by atoms with Crippen molar-refractivity contribution >= 4 is 22.8 Å². The molecule has 4 aromatic rings. The van der Waals surface area contributed by atoms with Crippen LogP contribution in [-0.2, 0) is 16.0 Å². The average Bonchev–Trinajstić information content (AvgIpc) is 3.55. The standard InChI is InChI=1S/C31H36N4O4S/c1-21-4-8-24(9-5-21)37-19-27-26(38-25-10-6-22(2)7-11-25)16-28(39-27)35-18-23(17-34-12-14-36-15-13-34)29-30(35)32-20-33-31(29)40-3/h4-11,18,20,26-28H,12-17,19H2,1-3H3/t26-,27+,28+/m0/s1. The van der Waals surface area contributed by atoms with Crippen molar-refractivity contribution in [2.75, 3.05) is 39.2 Å². The van der Waals surface area contributed by atoms with Gasteiger partial charge in [0, 0.05) is 32.3 Å². The fraction of sp³-hybridized carbons (Fsp3) is 0.419. The van der Waals surface area contributed by atoms with E-state index >= 15 is 0 Å². The highest BCUT2D eigenvalue weighted by molar-refractivity contribution is 7.98. The van der Waals surface area contributed by atoms with E-state index < -0.39 is 0 Å². The smallest absolute Gasteiger partial charge is 0.146 e. The summed E-state index contributed by atoms with van der Waals surface area (Å²) in [4.78, 5) is 11.8. The molecule has 2 aromatic heterocycles. The predicted octanol–water partition coefficient (Wildman–Crippen LogP) is 5.42. The van der Waals surface area contributed by atoms with Crippen LogP contribution in [0.1, 0.15) is 29.3 Å². The van der Waals surface area contributed by atoms with Gasteiger partial charge in [-0.1, -0.05) is 35.4 Å². The summed E-state index contributed by atoms with van der Waals surface area (Å²) in [6.45, 7) is 8.71. The Morgan fingerprint density at radius 3 is 2.35 bits per heavy atom. The zero-order valence-electron chi connectivity index (χ0n) is 23.3. The Labute approximate surface area is 239 Å². The van der Waals surface area contributed by atoms with Crippen molar-refractivity contribution in [3.8, 4) is 11.5 Å². The highest BCUT2D eigenvalue weighted by Crippen LogP contribution is 2.37. The van der Waals surface area contributed by atoms with E-state index in [1.165, 1.54) is 16.7 Å². The second-order valence-corrected chi connectivity index (χ2v) is 11.3. The van der Waals surface area contributed by atoms with Gasteiger partial charge >= 0.3 is 0 Å². The van der Waals surface area contributed by atoms with Gasteiger partial charge in [-0.25, -0.2) is 9.97 Å². The Morgan fingerprint density at radius 1 is 0.950 bits per heavy atom. The fourth-order valence-corrected chi connectivity index (χ4v) is 5.95. The van der Waals surface area contributed by atoms with Gasteiger partial charge in [-0.15, -0.1) is 11.8 Å². The van der Waals surface area contributed by atoms with Crippen molar-refractivity contribution in [3.05, 3.63) is 77.7 Å². The molecule has 0 spiro atoms. The van der Waals surface area contributed by atoms with E-state index in [-0.39, 0.29) is 18.4 Å². The third-order valence-electron chi connectivity index (χ3n) is 7.58. The van der Waals surface area contributed by atoms with E-state index in [1.807, 2.05) is 24.3 Å². The lowest BCUT2D eigenvalue weighted by atomic mass is 10.1. The van der Waals surface area contributed by atoms with Crippen LogP contribution in [-0.4, -0.2) is 70.8 Å². The number of ether oxygens (including phenoxy) is 4. The largest absolute Gasteiger partial charge is 0.491 e. The molecule has 0 saturated carbocycles. The molecule has 8 nitrogen and oxygen atoms in total. The van der Waals surface area contributed by atoms with Crippen LogP contribution < -0.4 is 9.47 Å². The number of aromatic nitrogens is 3. The second-order valence-electron chi connectivity index (χ2n) is 10.5. The Balaban J connectivity index is 1.29. The van der Waals surface area contributed by atoms with Crippen molar-refractivity contribution < 1.29 is 18.9 Å². The molecular formula is C31H36N4O4S. The summed E-state index contributed by atoms with van der Waals surface area (Å²) >= 11 is 1.65. The van der Waals surface area contributed by atoms with Gasteiger partial charge < -0.3 is 23.5 Å². The molecule has 2 fully saturated rings. The Bertz CT molecular complexity index is 1420. The molecule has 0 bridgehead atoms. The molecule has 6 rings (SSSR count). The second kappa shape index (κ2) is 12.2. The molecule has 3 atom stereocenters. The molecule has 2 saturated heterocycles. The molecular weight excluding hydrogens is 524 g/mol. The summed E-state index contributed by atoms with van der Waals surface area (Å²) < 4.78 is 27.1. The predicted molar refractivity (Wildman–Crippen MR) is 156 cm³/mol. The van der Waals surface area contributed by atoms with Gasteiger partial charge in [0.15, 0.2) is 0 Å². The molecule has 9 heteroatoms. The van der Waals surface area contributed by atoms with Gasteiger partial charge in [0.2, 0.25) is 0 Å². The molecule has 2 aliphatic rings. The molecule has 0 amide bonds. The number of rotatable bonds is 9. The highest BCUT2D eigenvalue weighted by Gasteiger charge is 2.39. The van der Waals surface area contributed by atoms with Gasteiger partial charge in [-0.2, -0.15) is 0 Å². The van der Waals surface area contributed by atoms with Gasteiger partial charge in [0.1, 0.15) is 53.5 Å². The van der Waals surface area contributed by atoms with Gasteiger partial charge in [-0.3, -0.25) is 4.90 Å². The van der Waals surface area contributed by atoms with Crippen molar-refractivity contribution in [1.82, 2.24) is 19.4 Å². The minimum Gasteiger partial charge on any atom is -0.491 e. The number of fused-ring (bicyclic) bond motifs is 1. The van der Waals surface area contributed by atoms with Crippen LogP contribution >= 0.6 is 11.8 Å². The monoisotopic (exact) mass is 560 g/mol. The normalized spacial score (nSPS) is 21.6. The van der Waals surface area contributed by atoms with Crippen LogP contribution in [0.4, 0.5) is 0 Å². The Morgan fingerprint density at radius 2 is 1.65 bits per heavy atom. The first kappa shape index (κ1) is 27.1. The molecule has 210 valence electrons. The molecule has 0 N–H and O–H groups in total. The minimum absolute atomic E-state index is 0.180. The van der Waals surface area contributed by atoms with Crippen LogP contribution in [0.2, 0.25) is 0 Å². The van der Waals surface area contributed by atoms with Crippen LogP contribution in [0, 0.1) is 13.8 Å². The third-order valence-corrected chi connectivity index (χ3v) is 8.27. The first-order valence-electron chi connectivity index (χ1n) is 13.8. The van der Waals surface area contributed by atoms with Crippen LogP contribution in [0.3, 0.4) is 0 Å². The lowest BCUT2D eigenvalue weighted by Crippen LogP contribution is -2.35. The SMILES string of the molecule is CSc1ncnc2c1c(CN1CCOCC1)cn2[C@H]1C[C@H](Oc2ccc(C)cc2)[C@@H](COc2ccc(C)cc2)O1. The minimum atomic E-state index is -0.255. The maximum absolute atomic E-state index is 6.70. The quantitative estimate of drug-likeness (QED) is 0.199. The number of aryl methyl sites for hydroxylation is 2. The summed E-state index contributed by atoms with van der Waals surface area (Å²) in [5, 5.41) is 2.08. The van der Waals surface area contributed by atoms with E-state index in [2.05, 4.69) is 65.0 Å². The lowest BCUT2D eigenvalue weighted by Gasteiger charge is -2.26. The molecule has 2 aromatic carbocycles. The Hall–Kier alpha value is -3.11. The van der Waals surface area contributed by atoms with Crippen molar-refractivity contribution in [2.45, 2.75) is 50.3 Å². The van der Waals surface area contributed by atoms with Crippen LogP contribution in [0.25, 0.3) is 11.0 Å². The van der Waals surface area contributed by atoms with Crippen LogP contribution in [0.5, 0.6) is 11.5 Å². The first-order valence-corrected chi connectivity index (χ1v) is 15.1. The van der Waals surface area contributed by atoms with E-state index in [1.54, 1.807) is 18.1 Å². The number of nitrogens with zero attached hydrogens (tertiary/aromatic N) is 4. The van der Waals surface area contributed by atoms with Crippen LogP contribution in [0.15, 0.2) is 66.1 Å². The lowest BCUT2D eigenvalue weighted by molar-refractivity contribution is -0.0340. The van der Waals surface area contributed by atoms with E-state index in [4.69, 9.17) is 23.9 Å². The Kier molecular flexibility index (Phi) is 8.25. The number of benzene rings is 2. The van der Waals surface area contributed by atoms with E-state index in [9.17, 15) is 0 Å². The van der Waals surface area contributed by atoms with E-state index in [0.29, 0.717) is 13.0 Å². The van der Waals surface area contributed by atoms with Crippen molar-refractivity contribution in [1.29, 1.82) is 0 Å². The van der Waals surface area contributed by atoms with Gasteiger partial charge in [0.25, 0.3) is 0 Å². The fourth-order valence-electron chi connectivity index (χ4n) is 5.38. The van der Waals surface area contributed by atoms with Crippen molar-refractivity contribution in [2.24, 2.45) is 0 Å². The highest BCUT2D eigenvalue weighted by atomic mass is 32.2. The molecule has 2 aliphatic heterocycles. The van der Waals surface area contributed by atoms with Gasteiger partial charge in [0.05, 0.1) is 18.6 Å². The summed E-state index contributed by atoms with van der Waals surface area (Å²) in [6, 6.07) is 16.3. The maximum atomic E-state index is 6.70. The average molecular weight is 561 g/mol. The number of thioether (sulfide) groups is 1. The first-order chi connectivity index (χ1) is 19.6. The summed E-state index contributed by atoms with van der Waals surface area (Å²) in [7, 11) is 0. The molecule has 0 aliphatic carbocycles. The zero-order valence-corrected chi connectivity index (χ0v) is 24.1. The molecule has 0 unspecified atom stereocenters. The van der Waals surface area contributed by atoms with Gasteiger partial charge in [-0.05, 0) is 49.9 Å². The van der Waals surface area contributed by atoms with E-state index in [0.717, 1.165) is 60.4 Å².